The molecule has 0 spiro atoms. The minimum absolute atomic E-state index is 0.224. The van der Waals surface area contributed by atoms with Crippen LogP contribution < -0.4 is 0 Å². The Morgan fingerprint density at radius 1 is 0.607 bits per heavy atom. The Bertz CT molecular complexity index is 651. The lowest BCUT2D eigenvalue weighted by molar-refractivity contribution is -0.158. The second-order valence-corrected chi connectivity index (χ2v) is 7.90. The van der Waals surface area contributed by atoms with Crippen LogP contribution in [0.25, 0.3) is 0 Å². The standard InChI is InChI=1S/C20H28N4O4/c1-5-21(6-2)23-17(25)13-11-9-10-12(14(13)18(23)26)16-15(11)19(27)24(20(16)28)22(7-3)8-4/h9-16H,5-8H2,1-4H3/t11?,12?,13-,14+,15+,16-. The molecule has 2 aliphatic heterocycles. The number of rotatable bonds is 6. The lowest BCUT2D eigenvalue weighted by Gasteiger charge is -2.44. The van der Waals surface area contributed by atoms with Gasteiger partial charge in [0.05, 0.1) is 23.7 Å². The molecule has 2 heterocycles. The lowest BCUT2D eigenvalue weighted by Crippen LogP contribution is -2.50. The van der Waals surface area contributed by atoms with Gasteiger partial charge in [-0.05, 0) is 0 Å². The second kappa shape index (κ2) is 6.77. The molecule has 3 aliphatic carbocycles. The van der Waals surface area contributed by atoms with Gasteiger partial charge in [0.1, 0.15) is 0 Å². The largest absolute Gasteiger partial charge is 0.273 e. The highest BCUT2D eigenvalue weighted by atomic mass is 16.2. The summed E-state index contributed by atoms with van der Waals surface area (Å²) in [5.74, 6) is -3.86. The number of allylic oxidation sites excluding steroid dienone is 2. The number of nitrogens with zero attached hydrogens (tertiary/aromatic N) is 4. The van der Waals surface area contributed by atoms with E-state index < -0.39 is 35.5 Å². The molecule has 0 radical (unpaired) electrons. The van der Waals surface area contributed by atoms with Crippen LogP contribution in [0.1, 0.15) is 27.7 Å². The number of hydrogen-bond donors (Lipinski definition) is 0. The molecule has 2 bridgehead atoms. The van der Waals surface area contributed by atoms with Crippen molar-refractivity contribution in [3.63, 3.8) is 0 Å². The van der Waals surface area contributed by atoms with Crippen molar-refractivity contribution in [2.24, 2.45) is 35.5 Å². The van der Waals surface area contributed by atoms with Gasteiger partial charge in [-0.15, -0.1) is 0 Å². The van der Waals surface area contributed by atoms with Crippen LogP contribution in [-0.2, 0) is 19.2 Å². The van der Waals surface area contributed by atoms with Gasteiger partial charge < -0.3 is 0 Å². The summed E-state index contributed by atoms with van der Waals surface area (Å²) in [6, 6.07) is 0. The number of carbonyl (C=O) groups is 4. The van der Waals surface area contributed by atoms with E-state index in [0.717, 1.165) is 0 Å². The normalized spacial score (nSPS) is 36.4. The smallest absolute Gasteiger partial charge is 0.248 e. The molecule has 2 unspecified atom stereocenters. The molecule has 2 saturated heterocycles. The second-order valence-electron chi connectivity index (χ2n) is 7.90. The van der Waals surface area contributed by atoms with Crippen LogP contribution >= 0.6 is 0 Å². The van der Waals surface area contributed by atoms with Crippen LogP contribution in [-0.4, -0.2) is 69.8 Å². The zero-order valence-electron chi connectivity index (χ0n) is 16.9. The first-order chi connectivity index (χ1) is 13.4. The Balaban J connectivity index is 1.73. The van der Waals surface area contributed by atoms with E-state index in [9.17, 15) is 19.2 Å². The van der Waals surface area contributed by atoms with Crippen LogP contribution in [0.3, 0.4) is 0 Å². The highest BCUT2D eigenvalue weighted by molar-refractivity contribution is 6.10. The molecule has 0 aromatic heterocycles. The van der Waals surface area contributed by atoms with E-state index in [4.69, 9.17) is 0 Å². The maximum absolute atomic E-state index is 13.2. The van der Waals surface area contributed by atoms with Crippen LogP contribution in [0.5, 0.6) is 0 Å². The van der Waals surface area contributed by atoms with Crippen LogP contribution in [0.4, 0.5) is 0 Å². The zero-order chi connectivity index (χ0) is 20.3. The Morgan fingerprint density at radius 3 is 1.07 bits per heavy atom. The fraction of sp³-hybridized carbons (Fsp3) is 0.700. The molecule has 28 heavy (non-hydrogen) atoms. The Kier molecular flexibility index (Phi) is 4.66. The first-order valence-electron chi connectivity index (χ1n) is 10.4. The summed E-state index contributed by atoms with van der Waals surface area (Å²) >= 11 is 0. The number of hydrogen-bond acceptors (Lipinski definition) is 6. The molecule has 4 amide bonds. The third kappa shape index (κ3) is 2.24. The number of carbonyl (C=O) groups excluding carboxylic acids is 4. The fourth-order valence-electron chi connectivity index (χ4n) is 5.77. The summed E-state index contributed by atoms with van der Waals surface area (Å²) in [6.45, 7) is 9.83. The van der Waals surface area contributed by atoms with Gasteiger partial charge in [0, 0.05) is 38.0 Å². The quantitative estimate of drug-likeness (QED) is 0.487. The molecule has 8 heteroatoms. The van der Waals surface area contributed by atoms with E-state index in [1.807, 2.05) is 39.8 Å². The molecule has 1 saturated carbocycles. The average molecular weight is 388 g/mol. The Hall–Kier alpha value is -2.06. The van der Waals surface area contributed by atoms with Crippen LogP contribution in [0.15, 0.2) is 12.2 Å². The van der Waals surface area contributed by atoms with Crippen LogP contribution in [0, 0.1) is 35.5 Å². The summed E-state index contributed by atoms with van der Waals surface area (Å²) in [4.78, 5) is 52.9. The molecule has 0 aromatic carbocycles. The van der Waals surface area contributed by atoms with Crippen molar-refractivity contribution in [3.05, 3.63) is 12.2 Å². The highest BCUT2D eigenvalue weighted by Crippen LogP contribution is 2.58. The summed E-state index contributed by atoms with van der Waals surface area (Å²) in [5, 5.41) is 6.04. The van der Waals surface area contributed by atoms with Gasteiger partial charge in [0.2, 0.25) is 23.6 Å². The molecule has 6 atom stereocenters. The van der Waals surface area contributed by atoms with Crippen LogP contribution in [0.2, 0.25) is 0 Å². The average Bonchev–Trinajstić information content (AvgIpc) is 3.13. The van der Waals surface area contributed by atoms with Gasteiger partial charge in [-0.25, -0.2) is 20.0 Å². The lowest BCUT2D eigenvalue weighted by atomic mass is 9.54. The van der Waals surface area contributed by atoms with Gasteiger partial charge in [-0.3, -0.25) is 19.2 Å². The Labute approximate surface area is 165 Å². The molecule has 5 rings (SSSR count). The van der Waals surface area contributed by atoms with Gasteiger partial charge in [-0.1, -0.05) is 39.8 Å². The summed E-state index contributed by atoms with van der Waals surface area (Å²) < 4.78 is 0. The number of imide groups is 2. The molecular formula is C20H28N4O4. The predicted molar refractivity (Wildman–Crippen MR) is 99.6 cm³/mol. The van der Waals surface area contributed by atoms with Gasteiger partial charge in [0.25, 0.3) is 0 Å². The third-order valence-corrected chi connectivity index (χ3v) is 6.99. The van der Waals surface area contributed by atoms with Crippen molar-refractivity contribution in [1.29, 1.82) is 0 Å². The molecule has 3 fully saturated rings. The molecule has 8 nitrogen and oxygen atoms in total. The van der Waals surface area contributed by atoms with E-state index >= 15 is 0 Å². The summed E-state index contributed by atoms with van der Waals surface area (Å²) in [5.41, 5.74) is 0. The highest BCUT2D eigenvalue weighted by Gasteiger charge is 2.69. The van der Waals surface area contributed by atoms with Gasteiger partial charge >= 0.3 is 0 Å². The van der Waals surface area contributed by atoms with Crippen molar-refractivity contribution >= 4 is 23.6 Å². The SMILES string of the molecule is CCN(CC)N1C(=O)[C@@H]2C3C=CC([C@H]4C(=O)N(N(CC)CC)C(=O)[C@@H]34)[C@@H]2C1=O. The van der Waals surface area contributed by atoms with Gasteiger partial charge in [-0.2, -0.15) is 0 Å². The topological polar surface area (TPSA) is 81.2 Å². The van der Waals surface area contributed by atoms with E-state index in [-0.39, 0.29) is 23.6 Å². The molecular weight excluding hydrogens is 360 g/mol. The molecule has 0 aromatic rings. The predicted octanol–water partition coefficient (Wildman–Crippen LogP) is 0.518. The first kappa shape index (κ1) is 19.3. The minimum Gasteiger partial charge on any atom is -0.273 e. The zero-order valence-corrected chi connectivity index (χ0v) is 16.9. The third-order valence-electron chi connectivity index (χ3n) is 6.99. The van der Waals surface area contributed by atoms with Crippen molar-refractivity contribution in [3.8, 4) is 0 Å². The first-order valence-corrected chi connectivity index (χ1v) is 10.4. The molecule has 5 aliphatic rings. The maximum atomic E-state index is 13.2. The fourth-order valence-corrected chi connectivity index (χ4v) is 5.77. The monoisotopic (exact) mass is 388 g/mol. The number of amides is 4. The molecule has 152 valence electrons. The minimum atomic E-state index is -0.544. The van der Waals surface area contributed by atoms with Gasteiger partial charge in [0.15, 0.2) is 0 Å². The maximum Gasteiger partial charge on any atom is 0.248 e. The van der Waals surface area contributed by atoms with Crippen molar-refractivity contribution < 1.29 is 19.2 Å². The van der Waals surface area contributed by atoms with E-state index in [1.165, 1.54) is 10.0 Å². The Morgan fingerprint density at radius 2 is 0.857 bits per heavy atom. The van der Waals surface area contributed by atoms with Crippen molar-refractivity contribution in [2.75, 3.05) is 26.2 Å². The summed E-state index contributed by atoms with van der Waals surface area (Å²) in [6.07, 6.45) is 3.81. The van der Waals surface area contributed by atoms with E-state index in [1.54, 1.807) is 10.0 Å². The molecule has 0 N–H and O–H groups in total. The number of hydrazine groups is 2. The van der Waals surface area contributed by atoms with E-state index in [2.05, 4.69) is 0 Å². The van der Waals surface area contributed by atoms with E-state index in [0.29, 0.717) is 26.2 Å². The summed E-state index contributed by atoms with van der Waals surface area (Å²) in [7, 11) is 0. The van der Waals surface area contributed by atoms with Crippen molar-refractivity contribution in [2.45, 2.75) is 27.7 Å². The van der Waals surface area contributed by atoms with Crippen molar-refractivity contribution in [1.82, 2.24) is 20.0 Å².